The smallest absolute Gasteiger partial charge is 0.251 e. The lowest BCUT2D eigenvalue weighted by Crippen LogP contribution is -2.45. The van der Waals surface area contributed by atoms with Crippen LogP contribution in [0.5, 0.6) is 5.75 Å². The molecule has 0 aromatic heterocycles. The van der Waals surface area contributed by atoms with Gasteiger partial charge in [0, 0.05) is 18.2 Å². The molecule has 2 atom stereocenters. The predicted octanol–water partition coefficient (Wildman–Crippen LogP) is 2.55. The number of hydrogen-bond acceptors (Lipinski definition) is 3. The fourth-order valence-corrected chi connectivity index (χ4v) is 3.08. The van der Waals surface area contributed by atoms with Crippen molar-refractivity contribution in [2.45, 2.75) is 31.7 Å². The molecule has 0 saturated heterocycles. The van der Waals surface area contributed by atoms with Gasteiger partial charge in [0.15, 0.2) is 0 Å². The number of rotatable bonds is 5. The summed E-state index contributed by atoms with van der Waals surface area (Å²) in [6.07, 6.45) is 4.76. The average Bonchev–Trinajstić information content (AvgIpc) is 2.49. The van der Waals surface area contributed by atoms with Gasteiger partial charge in [0.25, 0.3) is 5.91 Å². The Morgan fingerprint density at radius 1 is 1.24 bits per heavy atom. The van der Waals surface area contributed by atoms with Gasteiger partial charge in [-0.1, -0.05) is 12.8 Å². The lowest BCUT2D eigenvalue weighted by Gasteiger charge is -2.34. The third-order valence-corrected chi connectivity index (χ3v) is 4.18. The van der Waals surface area contributed by atoms with Crippen LogP contribution in [0.4, 0.5) is 0 Å². The number of carbonyl (C=O) groups excluding carboxylic acids is 1. The van der Waals surface area contributed by atoms with E-state index in [2.05, 4.69) is 24.3 Å². The molecule has 4 heteroatoms. The lowest BCUT2D eigenvalue weighted by atomic mass is 9.84. The van der Waals surface area contributed by atoms with Gasteiger partial charge < -0.3 is 15.0 Å². The highest BCUT2D eigenvalue weighted by atomic mass is 16.5. The van der Waals surface area contributed by atoms with E-state index in [1.807, 2.05) is 24.3 Å². The van der Waals surface area contributed by atoms with Crippen molar-refractivity contribution in [2.24, 2.45) is 5.92 Å². The molecule has 21 heavy (non-hydrogen) atoms. The molecule has 116 valence electrons. The summed E-state index contributed by atoms with van der Waals surface area (Å²) in [5.41, 5.74) is 0.699. The van der Waals surface area contributed by atoms with E-state index in [0.29, 0.717) is 11.5 Å². The first kappa shape index (κ1) is 15.8. The highest BCUT2D eigenvalue weighted by molar-refractivity contribution is 5.94. The molecule has 0 bridgehead atoms. The van der Waals surface area contributed by atoms with Crippen LogP contribution >= 0.6 is 0 Å². The number of methoxy groups -OCH3 is 1. The molecule has 0 aliphatic heterocycles. The highest BCUT2D eigenvalue weighted by Crippen LogP contribution is 2.25. The zero-order valence-corrected chi connectivity index (χ0v) is 13.3. The van der Waals surface area contributed by atoms with E-state index >= 15 is 0 Å². The van der Waals surface area contributed by atoms with Crippen molar-refractivity contribution in [1.82, 2.24) is 10.2 Å². The second kappa shape index (κ2) is 7.46. The van der Waals surface area contributed by atoms with Gasteiger partial charge in [-0.05, 0) is 57.1 Å². The SMILES string of the molecule is COc1ccc(C(=O)NC2CCCCC2CN(C)C)cc1. The monoisotopic (exact) mass is 290 g/mol. The molecule has 2 unspecified atom stereocenters. The van der Waals surface area contributed by atoms with Crippen LogP contribution in [0.1, 0.15) is 36.0 Å². The summed E-state index contributed by atoms with van der Waals surface area (Å²) in [4.78, 5) is 14.6. The largest absolute Gasteiger partial charge is 0.497 e. The van der Waals surface area contributed by atoms with Crippen molar-refractivity contribution in [3.63, 3.8) is 0 Å². The fraction of sp³-hybridized carbons (Fsp3) is 0.588. The Kier molecular flexibility index (Phi) is 5.62. The minimum absolute atomic E-state index is 0.0216. The summed E-state index contributed by atoms with van der Waals surface area (Å²) in [7, 11) is 5.82. The number of ether oxygens (including phenoxy) is 1. The first-order chi connectivity index (χ1) is 10.1. The van der Waals surface area contributed by atoms with Crippen molar-refractivity contribution in [2.75, 3.05) is 27.7 Å². The summed E-state index contributed by atoms with van der Waals surface area (Å²) >= 11 is 0. The minimum Gasteiger partial charge on any atom is -0.497 e. The first-order valence-electron chi connectivity index (χ1n) is 7.70. The van der Waals surface area contributed by atoms with Crippen molar-refractivity contribution >= 4 is 5.91 Å². The molecule has 1 amide bonds. The molecule has 4 nitrogen and oxygen atoms in total. The molecule has 1 aliphatic carbocycles. The molecule has 2 rings (SSSR count). The van der Waals surface area contributed by atoms with Crippen molar-refractivity contribution in [3.05, 3.63) is 29.8 Å². The van der Waals surface area contributed by atoms with Gasteiger partial charge in [0.2, 0.25) is 0 Å². The maximum absolute atomic E-state index is 12.4. The minimum atomic E-state index is 0.0216. The predicted molar refractivity (Wildman–Crippen MR) is 84.8 cm³/mol. The third kappa shape index (κ3) is 4.46. The van der Waals surface area contributed by atoms with Gasteiger partial charge in [-0.25, -0.2) is 0 Å². The van der Waals surface area contributed by atoms with Gasteiger partial charge >= 0.3 is 0 Å². The number of nitrogens with zero attached hydrogens (tertiary/aromatic N) is 1. The molecular formula is C17H26N2O2. The maximum Gasteiger partial charge on any atom is 0.251 e. The second-order valence-corrected chi connectivity index (χ2v) is 6.12. The summed E-state index contributed by atoms with van der Waals surface area (Å²) in [6.45, 7) is 1.04. The topological polar surface area (TPSA) is 41.6 Å². The van der Waals surface area contributed by atoms with Crippen molar-refractivity contribution < 1.29 is 9.53 Å². The van der Waals surface area contributed by atoms with E-state index in [1.165, 1.54) is 19.3 Å². The fourth-order valence-electron chi connectivity index (χ4n) is 3.08. The van der Waals surface area contributed by atoms with E-state index in [0.717, 1.165) is 18.7 Å². The van der Waals surface area contributed by atoms with Crippen LogP contribution in [0.25, 0.3) is 0 Å². The summed E-state index contributed by atoms with van der Waals surface area (Å²) in [5, 5.41) is 3.22. The molecule has 1 fully saturated rings. The Labute approximate surface area is 127 Å². The Balaban J connectivity index is 1.98. The van der Waals surface area contributed by atoms with Crippen LogP contribution < -0.4 is 10.1 Å². The van der Waals surface area contributed by atoms with Gasteiger partial charge in [0.1, 0.15) is 5.75 Å². The number of hydrogen-bond donors (Lipinski definition) is 1. The summed E-state index contributed by atoms with van der Waals surface area (Å²) in [6, 6.07) is 7.58. The summed E-state index contributed by atoms with van der Waals surface area (Å²) < 4.78 is 5.12. The molecule has 0 spiro atoms. The standard InChI is InChI=1S/C17H26N2O2/c1-19(2)12-14-6-4-5-7-16(14)18-17(20)13-8-10-15(21-3)11-9-13/h8-11,14,16H,4-7,12H2,1-3H3,(H,18,20). The second-order valence-electron chi connectivity index (χ2n) is 6.12. The molecule has 1 N–H and O–H groups in total. The van der Waals surface area contributed by atoms with Crippen molar-refractivity contribution in [3.8, 4) is 5.75 Å². The van der Waals surface area contributed by atoms with Crippen LogP contribution in [-0.4, -0.2) is 44.6 Å². The maximum atomic E-state index is 12.4. The van der Waals surface area contributed by atoms with Crippen LogP contribution in [0.3, 0.4) is 0 Å². The Bertz CT molecular complexity index is 456. The zero-order valence-electron chi connectivity index (χ0n) is 13.3. The average molecular weight is 290 g/mol. The van der Waals surface area contributed by atoms with E-state index in [9.17, 15) is 4.79 Å². The van der Waals surface area contributed by atoms with E-state index in [4.69, 9.17) is 4.74 Å². The van der Waals surface area contributed by atoms with Crippen LogP contribution in [0.2, 0.25) is 0 Å². The normalized spacial score (nSPS) is 22.1. The molecule has 1 aliphatic rings. The molecule has 1 aromatic carbocycles. The molecular weight excluding hydrogens is 264 g/mol. The first-order valence-corrected chi connectivity index (χ1v) is 7.70. The van der Waals surface area contributed by atoms with E-state index < -0.39 is 0 Å². The third-order valence-electron chi connectivity index (χ3n) is 4.18. The van der Waals surface area contributed by atoms with E-state index in [1.54, 1.807) is 7.11 Å². The van der Waals surface area contributed by atoms with Gasteiger partial charge in [-0.3, -0.25) is 4.79 Å². The van der Waals surface area contributed by atoms with Crippen LogP contribution in [0.15, 0.2) is 24.3 Å². The number of amides is 1. The number of nitrogens with one attached hydrogen (secondary N) is 1. The molecule has 0 heterocycles. The van der Waals surface area contributed by atoms with E-state index in [-0.39, 0.29) is 11.9 Å². The van der Waals surface area contributed by atoms with Crippen LogP contribution in [-0.2, 0) is 0 Å². The van der Waals surface area contributed by atoms with Gasteiger partial charge in [-0.15, -0.1) is 0 Å². The Hall–Kier alpha value is -1.55. The molecule has 0 radical (unpaired) electrons. The Morgan fingerprint density at radius 3 is 2.52 bits per heavy atom. The lowest BCUT2D eigenvalue weighted by molar-refractivity contribution is 0.0895. The number of benzene rings is 1. The Morgan fingerprint density at radius 2 is 1.90 bits per heavy atom. The summed E-state index contributed by atoms with van der Waals surface area (Å²) in [5.74, 6) is 1.35. The highest BCUT2D eigenvalue weighted by Gasteiger charge is 2.27. The molecule has 1 saturated carbocycles. The zero-order chi connectivity index (χ0) is 15.2. The van der Waals surface area contributed by atoms with Crippen molar-refractivity contribution in [1.29, 1.82) is 0 Å². The van der Waals surface area contributed by atoms with Gasteiger partial charge in [-0.2, -0.15) is 0 Å². The van der Waals surface area contributed by atoms with Gasteiger partial charge in [0.05, 0.1) is 7.11 Å². The quantitative estimate of drug-likeness (QED) is 0.906. The number of carbonyl (C=O) groups is 1. The van der Waals surface area contributed by atoms with Crippen LogP contribution in [0, 0.1) is 5.92 Å². The molecule has 1 aromatic rings.